The molecule has 0 bridgehead atoms. The van der Waals surface area contributed by atoms with Crippen LogP contribution < -0.4 is 0 Å². The van der Waals surface area contributed by atoms with Gasteiger partial charge < -0.3 is 9.84 Å². The molecule has 1 N–H and O–H groups in total. The molecule has 2 fully saturated rings. The standard InChI is InChI=1S/C24H26F2N2O3/c1-23(30)24(31-22(29)27(23)2)12-15-28(16-13-24)14-11-21(17-3-7-19(25)8-4-17)18-5-9-20(26)10-6-18/h3-11,30H,12-16H2,1-2H3. The van der Waals surface area contributed by atoms with Gasteiger partial charge in [0.2, 0.25) is 0 Å². The highest BCUT2D eigenvalue weighted by atomic mass is 19.1. The molecule has 0 radical (unpaired) electrons. The number of hydrogen-bond acceptors (Lipinski definition) is 4. The smallest absolute Gasteiger partial charge is 0.412 e. The first kappa shape index (κ1) is 21.5. The molecule has 2 aromatic rings. The maximum Gasteiger partial charge on any atom is 0.412 e. The number of likely N-dealkylation sites (tertiary alicyclic amines) is 1. The number of aliphatic hydroxyl groups is 1. The van der Waals surface area contributed by atoms with Crippen molar-refractivity contribution in [3.8, 4) is 0 Å². The van der Waals surface area contributed by atoms with Gasteiger partial charge >= 0.3 is 6.09 Å². The first-order valence-electron chi connectivity index (χ1n) is 10.4. The lowest BCUT2D eigenvalue weighted by molar-refractivity contribution is -0.160. The van der Waals surface area contributed by atoms with Gasteiger partial charge in [-0.1, -0.05) is 30.3 Å². The molecule has 0 aliphatic carbocycles. The zero-order valence-electron chi connectivity index (χ0n) is 17.6. The Kier molecular flexibility index (Phi) is 5.58. The minimum atomic E-state index is -1.35. The predicted octanol–water partition coefficient (Wildman–Crippen LogP) is 4.02. The number of halogens is 2. The second kappa shape index (κ2) is 8.05. The molecule has 0 saturated carbocycles. The third-order valence-corrected chi connectivity index (χ3v) is 6.60. The molecule has 2 saturated heterocycles. The van der Waals surface area contributed by atoms with E-state index >= 15 is 0 Å². The summed E-state index contributed by atoms with van der Waals surface area (Å²) in [5.41, 5.74) is 0.320. The van der Waals surface area contributed by atoms with Gasteiger partial charge in [-0.15, -0.1) is 0 Å². The van der Waals surface area contributed by atoms with E-state index < -0.39 is 17.4 Å². The largest absolute Gasteiger partial charge is 0.437 e. The molecule has 0 aromatic heterocycles. The van der Waals surface area contributed by atoms with Crippen LogP contribution in [0, 0.1) is 11.6 Å². The van der Waals surface area contributed by atoms with Gasteiger partial charge in [-0.05, 0) is 47.9 Å². The van der Waals surface area contributed by atoms with Crippen LogP contribution in [0.1, 0.15) is 30.9 Å². The molecule has 2 aromatic carbocycles. The number of hydrogen-bond donors (Lipinski definition) is 1. The van der Waals surface area contributed by atoms with Crippen LogP contribution in [0.4, 0.5) is 13.6 Å². The van der Waals surface area contributed by atoms with E-state index in [2.05, 4.69) is 4.90 Å². The quantitative estimate of drug-likeness (QED) is 0.799. The second-order valence-electron chi connectivity index (χ2n) is 8.37. The zero-order valence-corrected chi connectivity index (χ0v) is 17.6. The van der Waals surface area contributed by atoms with E-state index in [-0.39, 0.29) is 11.6 Å². The molecular formula is C24H26F2N2O3. The van der Waals surface area contributed by atoms with Crippen LogP contribution in [0.25, 0.3) is 5.57 Å². The van der Waals surface area contributed by atoms with Gasteiger partial charge in [-0.25, -0.2) is 13.6 Å². The third-order valence-electron chi connectivity index (χ3n) is 6.60. The van der Waals surface area contributed by atoms with Crippen molar-refractivity contribution < 1.29 is 23.4 Å². The SMILES string of the molecule is CN1C(=O)OC2(CCN(CC=C(c3ccc(F)cc3)c3ccc(F)cc3)CC2)C1(C)O. The van der Waals surface area contributed by atoms with Crippen LogP contribution in [0.2, 0.25) is 0 Å². The van der Waals surface area contributed by atoms with E-state index in [4.69, 9.17) is 4.74 Å². The van der Waals surface area contributed by atoms with Crippen molar-refractivity contribution in [1.29, 1.82) is 0 Å². The monoisotopic (exact) mass is 428 g/mol. The highest BCUT2D eigenvalue weighted by Gasteiger charge is 2.61. The maximum atomic E-state index is 13.4. The molecular weight excluding hydrogens is 402 g/mol. The van der Waals surface area contributed by atoms with Gasteiger partial charge in [0.25, 0.3) is 0 Å². The van der Waals surface area contributed by atoms with Gasteiger partial charge in [-0.3, -0.25) is 9.80 Å². The Labute approximate surface area is 180 Å². The number of piperidine rings is 1. The summed E-state index contributed by atoms with van der Waals surface area (Å²) in [6.45, 7) is 3.53. The molecule has 2 heterocycles. The summed E-state index contributed by atoms with van der Waals surface area (Å²) in [4.78, 5) is 15.5. The number of ether oxygens (including phenoxy) is 1. The molecule has 2 aliphatic rings. The van der Waals surface area contributed by atoms with Crippen LogP contribution in [-0.2, 0) is 4.74 Å². The summed E-state index contributed by atoms with van der Waals surface area (Å²) in [5, 5.41) is 10.8. The highest BCUT2D eigenvalue weighted by molar-refractivity contribution is 5.79. The number of amides is 1. The molecule has 1 spiro atoms. The number of likely N-dealkylation sites (N-methyl/N-ethyl adjacent to an activating group) is 1. The van der Waals surface area contributed by atoms with E-state index in [9.17, 15) is 18.7 Å². The normalized spacial score (nSPS) is 23.1. The molecule has 31 heavy (non-hydrogen) atoms. The molecule has 1 atom stereocenters. The van der Waals surface area contributed by atoms with Gasteiger partial charge in [0.05, 0.1) is 0 Å². The number of carbonyl (C=O) groups excluding carboxylic acids is 1. The van der Waals surface area contributed by atoms with Crippen molar-refractivity contribution in [2.75, 3.05) is 26.7 Å². The van der Waals surface area contributed by atoms with E-state index in [0.29, 0.717) is 32.5 Å². The van der Waals surface area contributed by atoms with Crippen LogP contribution in [0.15, 0.2) is 54.6 Å². The van der Waals surface area contributed by atoms with Crippen molar-refractivity contribution in [3.05, 3.63) is 77.4 Å². The molecule has 2 aliphatic heterocycles. The van der Waals surface area contributed by atoms with Crippen LogP contribution in [0.5, 0.6) is 0 Å². The van der Waals surface area contributed by atoms with Gasteiger partial charge in [-0.2, -0.15) is 0 Å². The number of carbonyl (C=O) groups is 1. The van der Waals surface area contributed by atoms with Gasteiger partial charge in [0.1, 0.15) is 11.6 Å². The molecule has 7 heteroatoms. The Balaban J connectivity index is 1.52. The topological polar surface area (TPSA) is 53.0 Å². The first-order valence-corrected chi connectivity index (χ1v) is 10.4. The van der Waals surface area contributed by atoms with Crippen LogP contribution >= 0.6 is 0 Å². The number of benzene rings is 2. The summed E-state index contributed by atoms with van der Waals surface area (Å²) < 4.78 is 32.4. The van der Waals surface area contributed by atoms with Crippen molar-refractivity contribution in [1.82, 2.24) is 9.80 Å². The summed E-state index contributed by atoms with van der Waals surface area (Å²) in [7, 11) is 1.55. The Morgan fingerprint density at radius 2 is 1.52 bits per heavy atom. The molecule has 4 rings (SSSR count). The Hall–Kier alpha value is -2.77. The van der Waals surface area contributed by atoms with Gasteiger partial charge in [0.15, 0.2) is 11.3 Å². The Morgan fingerprint density at radius 1 is 1.03 bits per heavy atom. The molecule has 1 unspecified atom stereocenters. The fraction of sp³-hybridized carbons (Fsp3) is 0.375. The summed E-state index contributed by atoms with van der Waals surface area (Å²) >= 11 is 0. The Bertz CT molecular complexity index is 931. The summed E-state index contributed by atoms with van der Waals surface area (Å²) in [6.07, 6.45) is 2.58. The third kappa shape index (κ3) is 3.95. The van der Waals surface area contributed by atoms with E-state index in [1.165, 1.54) is 29.2 Å². The van der Waals surface area contributed by atoms with Crippen molar-refractivity contribution in [2.24, 2.45) is 0 Å². The van der Waals surface area contributed by atoms with Crippen LogP contribution in [-0.4, -0.2) is 59.0 Å². The lowest BCUT2D eigenvalue weighted by Crippen LogP contribution is -2.59. The maximum absolute atomic E-state index is 13.4. The first-order chi connectivity index (χ1) is 14.7. The summed E-state index contributed by atoms with van der Waals surface area (Å²) in [5.74, 6) is -0.627. The van der Waals surface area contributed by atoms with Gasteiger partial charge in [0, 0.05) is 39.5 Å². The second-order valence-corrected chi connectivity index (χ2v) is 8.37. The number of nitrogens with zero attached hydrogens (tertiary/aromatic N) is 2. The average molecular weight is 428 g/mol. The van der Waals surface area contributed by atoms with E-state index in [1.54, 1.807) is 38.2 Å². The van der Waals surface area contributed by atoms with Crippen molar-refractivity contribution >= 4 is 11.7 Å². The summed E-state index contributed by atoms with van der Waals surface area (Å²) in [6, 6.07) is 12.5. The van der Waals surface area contributed by atoms with Crippen LogP contribution in [0.3, 0.4) is 0 Å². The van der Waals surface area contributed by atoms with E-state index in [1.807, 2.05) is 6.08 Å². The van der Waals surface area contributed by atoms with E-state index in [0.717, 1.165) is 16.7 Å². The fourth-order valence-corrected chi connectivity index (χ4v) is 4.37. The number of rotatable bonds is 4. The highest BCUT2D eigenvalue weighted by Crippen LogP contribution is 2.43. The zero-order chi connectivity index (χ0) is 22.2. The average Bonchev–Trinajstić information content (AvgIpc) is 2.92. The fourth-order valence-electron chi connectivity index (χ4n) is 4.37. The molecule has 164 valence electrons. The van der Waals surface area contributed by atoms with Crippen molar-refractivity contribution in [3.63, 3.8) is 0 Å². The predicted molar refractivity (Wildman–Crippen MR) is 113 cm³/mol. The van der Waals surface area contributed by atoms with Crippen molar-refractivity contribution in [2.45, 2.75) is 31.1 Å². The Morgan fingerprint density at radius 3 is 1.94 bits per heavy atom. The molecule has 1 amide bonds. The molecule has 5 nitrogen and oxygen atoms in total. The minimum absolute atomic E-state index is 0.313. The lowest BCUT2D eigenvalue weighted by Gasteiger charge is -2.44. The lowest BCUT2D eigenvalue weighted by atomic mass is 9.82. The minimum Gasteiger partial charge on any atom is -0.437 e.